The van der Waals surface area contributed by atoms with Crippen LogP contribution in [0.15, 0.2) is 53.5 Å². The Morgan fingerprint density at radius 3 is 2.89 bits per heavy atom. The van der Waals surface area contributed by atoms with E-state index in [0.29, 0.717) is 22.8 Å². The van der Waals surface area contributed by atoms with E-state index < -0.39 is 4.92 Å². The van der Waals surface area contributed by atoms with E-state index in [1.54, 1.807) is 18.3 Å². The van der Waals surface area contributed by atoms with Crippen molar-refractivity contribution in [1.82, 2.24) is 9.38 Å². The van der Waals surface area contributed by atoms with Crippen LogP contribution in [0.2, 0.25) is 0 Å². The summed E-state index contributed by atoms with van der Waals surface area (Å²) in [5.41, 5.74) is 2.23. The number of carbonyl (C=O) groups excluding carboxylic acids is 1. The molecule has 27 heavy (non-hydrogen) atoms. The number of anilines is 1. The van der Waals surface area contributed by atoms with Crippen molar-refractivity contribution in [2.24, 2.45) is 0 Å². The summed E-state index contributed by atoms with van der Waals surface area (Å²) in [5.74, 6) is 0.258. The largest absolute Gasteiger partial charge is 0.325 e. The van der Waals surface area contributed by atoms with Crippen molar-refractivity contribution >= 4 is 34.7 Å². The van der Waals surface area contributed by atoms with E-state index in [1.165, 1.54) is 40.4 Å². The van der Waals surface area contributed by atoms with E-state index in [9.17, 15) is 19.7 Å². The monoisotopic (exact) mass is 384 g/mol. The molecule has 9 heteroatoms. The van der Waals surface area contributed by atoms with Crippen LogP contribution in [0.5, 0.6) is 0 Å². The summed E-state index contributed by atoms with van der Waals surface area (Å²) < 4.78 is 1.48. The third-order valence-corrected chi connectivity index (χ3v) is 4.65. The minimum Gasteiger partial charge on any atom is -0.325 e. The molecular formula is C18H16N4O4S. The Morgan fingerprint density at radius 2 is 2.11 bits per heavy atom. The second-order valence-corrected chi connectivity index (χ2v) is 6.85. The van der Waals surface area contributed by atoms with Gasteiger partial charge in [-0.05, 0) is 24.6 Å². The highest BCUT2D eigenvalue weighted by Gasteiger charge is 2.09. The fourth-order valence-corrected chi connectivity index (χ4v) is 3.19. The molecule has 1 N–H and O–H groups in total. The molecule has 0 spiro atoms. The van der Waals surface area contributed by atoms with Crippen LogP contribution < -0.4 is 10.9 Å². The number of benzene rings is 1. The second-order valence-electron chi connectivity index (χ2n) is 5.87. The standard InChI is InChI=1S/C18H16N4O4S/c1-12-5-6-16-19-14(8-18(24)21(16)9-12)10-27-11-17(23)20-13-3-2-4-15(7-13)22(25)26/h2-9H,10-11H2,1H3,(H,20,23). The normalized spacial score (nSPS) is 10.7. The first-order valence-electron chi connectivity index (χ1n) is 8.03. The van der Waals surface area contributed by atoms with Crippen LogP contribution in [0, 0.1) is 17.0 Å². The Balaban J connectivity index is 1.59. The molecule has 2 aromatic heterocycles. The fraction of sp³-hybridized carbons (Fsp3) is 0.167. The van der Waals surface area contributed by atoms with Gasteiger partial charge < -0.3 is 5.32 Å². The molecule has 1 amide bonds. The van der Waals surface area contributed by atoms with Crippen LogP contribution in [0.25, 0.3) is 5.65 Å². The summed E-state index contributed by atoms with van der Waals surface area (Å²) in [6.07, 6.45) is 1.73. The second kappa shape index (κ2) is 8.00. The number of fused-ring (bicyclic) bond motifs is 1. The molecule has 0 unspecified atom stereocenters. The number of carbonyl (C=O) groups is 1. The van der Waals surface area contributed by atoms with Gasteiger partial charge in [-0.1, -0.05) is 12.1 Å². The topological polar surface area (TPSA) is 107 Å². The Hall–Kier alpha value is -3.20. The van der Waals surface area contributed by atoms with Gasteiger partial charge in [-0.25, -0.2) is 4.98 Å². The number of aromatic nitrogens is 2. The van der Waals surface area contributed by atoms with Gasteiger partial charge in [0.1, 0.15) is 5.65 Å². The maximum Gasteiger partial charge on any atom is 0.271 e. The lowest BCUT2D eigenvalue weighted by atomic mass is 10.3. The molecule has 1 aromatic carbocycles. The zero-order chi connectivity index (χ0) is 19.4. The molecule has 3 rings (SSSR count). The summed E-state index contributed by atoms with van der Waals surface area (Å²) in [4.78, 5) is 38.8. The molecule has 0 aliphatic heterocycles. The summed E-state index contributed by atoms with van der Waals surface area (Å²) in [6.45, 7) is 1.90. The van der Waals surface area contributed by atoms with E-state index >= 15 is 0 Å². The van der Waals surface area contributed by atoms with E-state index in [1.807, 2.05) is 13.0 Å². The summed E-state index contributed by atoms with van der Waals surface area (Å²) in [5, 5.41) is 13.4. The molecule has 0 saturated heterocycles. The zero-order valence-electron chi connectivity index (χ0n) is 14.4. The maximum absolute atomic E-state index is 12.2. The number of non-ortho nitro benzene ring substituents is 1. The van der Waals surface area contributed by atoms with Gasteiger partial charge in [0, 0.05) is 35.8 Å². The van der Waals surface area contributed by atoms with Gasteiger partial charge in [-0.2, -0.15) is 0 Å². The SMILES string of the molecule is Cc1ccc2nc(CSCC(=O)Nc3cccc([N+](=O)[O-])c3)cc(=O)n2c1. The van der Waals surface area contributed by atoms with Gasteiger partial charge >= 0.3 is 0 Å². The molecular weight excluding hydrogens is 368 g/mol. The summed E-state index contributed by atoms with van der Waals surface area (Å²) in [6, 6.07) is 10.9. The predicted molar refractivity (Wildman–Crippen MR) is 104 cm³/mol. The Bertz CT molecular complexity index is 1080. The number of amides is 1. The number of pyridine rings is 1. The van der Waals surface area contributed by atoms with Crippen LogP contribution >= 0.6 is 11.8 Å². The Labute approximate surface area is 158 Å². The van der Waals surface area contributed by atoms with Crippen molar-refractivity contribution in [3.05, 3.63) is 80.4 Å². The highest BCUT2D eigenvalue weighted by atomic mass is 32.2. The fourth-order valence-electron chi connectivity index (χ4n) is 2.47. The number of hydrogen-bond acceptors (Lipinski definition) is 6. The number of hydrogen-bond donors (Lipinski definition) is 1. The predicted octanol–water partition coefficient (Wildman–Crippen LogP) is 2.78. The quantitative estimate of drug-likeness (QED) is 0.517. The molecule has 2 heterocycles. The number of nitrogens with zero attached hydrogens (tertiary/aromatic N) is 3. The zero-order valence-corrected chi connectivity index (χ0v) is 15.2. The molecule has 8 nitrogen and oxygen atoms in total. The first-order valence-corrected chi connectivity index (χ1v) is 9.19. The molecule has 0 aliphatic carbocycles. The van der Waals surface area contributed by atoms with Crippen molar-refractivity contribution in [2.75, 3.05) is 11.1 Å². The van der Waals surface area contributed by atoms with Crippen molar-refractivity contribution in [1.29, 1.82) is 0 Å². The number of aryl methyl sites for hydroxylation is 1. The smallest absolute Gasteiger partial charge is 0.271 e. The van der Waals surface area contributed by atoms with Crippen molar-refractivity contribution < 1.29 is 9.72 Å². The average molecular weight is 384 g/mol. The number of thioether (sulfide) groups is 1. The highest BCUT2D eigenvalue weighted by Crippen LogP contribution is 2.18. The van der Waals surface area contributed by atoms with Crippen molar-refractivity contribution in [2.45, 2.75) is 12.7 Å². The summed E-state index contributed by atoms with van der Waals surface area (Å²) in [7, 11) is 0. The van der Waals surface area contributed by atoms with Gasteiger partial charge in [-0.15, -0.1) is 11.8 Å². The minimum absolute atomic E-state index is 0.0865. The molecule has 3 aromatic rings. The van der Waals surface area contributed by atoms with Crippen molar-refractivity contribution in [3.63, 3.8) is 0 Å². The third-order valence-electron chi connectivity index (χ3n) is 3.68. The lowest BCUT2D eigenvalue weighted by molar-refractivity contribution is -0.384. The maximum atomic E-state index is 12.2. The molecule has 0 saturated carbocycles. The first kappa shape index (κ1) is 18.6. The third kappa shape index (κ3) is 4.70. The summed E-state index contributed by atoms with van der Waals surface area (Å²) >= 11 is 1.31. The number of rotatable bonds is 6. The number of nitro groups is 1. The van der Waals surface area contributed by atoms with Gasteiger partial charge in [0.2, 0.25) is 5.91 Å². The molecule has 0 radical (unpaired) electrons. The average Bonchev–Trinajstić information content (AvgIpc) is 2.62. The molecule has 138 valence electrons. The lowest BCUT2D eigenvalue weighted by Crippen LogP contribution is -2.16. The van der Waals surface area contributed by atoms with Gasteiger partial charge in [0.25, 0.3) is 11.2 Å². The van der Waals surface area contributed by atoms with Gasteiger partial charge in [0.05, 0.1) is 16.4 Å². The van der Waals surface area contributed by atoms with E-state index in [0.717, 1.165) is 5.56 Å². The van der Waals surface area contributed by atoms with Gasteiger partial charge in [0.15, 0.2) is 0 Å². The van der Waals surface area contributed by atoms with Gasteiger partial charge in [-0.3, -0.25) is 24.1 Å². The van der Waals surface area contributed by atoms with E-state index in [2.05, 4.69) is 10.3 Å². The minimum atomic E-state index is -0.518. The van der Waals surface area contributed by atoms with E-state index in [-0.39, 0.29) is 22.9 Å². The van der Waals surface area contributed by atoms with E-state index in [4.69, 9.17) is 0 Å². The van der Waals surface area contributed by atoms with Crippen LogP contribution in [0.4, 0.5) is 11.4 Å². The molecule has 0 fully saturated rings. The van der Waals surface area contributed by atoms with Crippen molar-refractivity contribution in [3.8, 4) is 0 Å². The molecule has 0 bridgehead atoms. The molecule has 0 aliphatic rings. The Kier molecular flexibility index (Phi) is 5.51. The first-order chi connectivity index (χ1) is 12.9. The Morgan fingerprint density at radius 1 is 1.30 bits per heavy atom. The highest BCUT2D eigenvalue weighted by molar-refractivity contribution is 7.99. The van der Waals surface area contributed by atoms with Crippen LogP contribution in [-0.2, 0) is 10.5 Å². The van der Waals surface area contributed by atoms with Crippen LogP contribution in [0.3, 0.4) is 0 Å². The lowest BCUT2D eigenvalue weighted by Gasteiger charge is -2.06. The van der Waals surface area contributed by atoms with Crippen LogP contribution in [0.1, 0.15) is 11.3 Å². The number of nitro benzene ring substituents is 1. The van der Waals surface area contributed by atoms with Crippen LogP contribution in [-0.4, -0.2) is 26.0 Å². The molecule has 0 atom stereocenters. The number of nitrogens with one attached hydrogen (secondary N) is 1.